The van der Waals surface area contributed by atoms with Crippen LogP contribution in [0.5, 0.6) is 11.5 Å². The van der Waals surface area contributed by atoms with Crippen LogP contribution in [-0.4, -0.2) is 42.3 Å². The summed E-state index contributed by atoms with van der Waals surface area (Å²) < 4.78 is 11.1. The van der Waals surface area contributed by atoms with Gasteiger partial charge in [-0.2, -0.15) is 0 Å². The van der Waals surface area contributed by atoms with Gasteiger partial charge < -0.3 is 19.5 Å². The van der Waals surface area contributed by atoms with Gasteiger partial charge in [0.05, 0.1) is 25.9 Å². The Labute approximate surface area is 185 Å². The standard InChI is InChI=1S/C26H33NO4/c1-30-20-12-13-21(23(18-20)31-2)25-22-10-6-7-15-26(22,29)16-17-27(25)24(28)14-11-19-8-4-3-5-9-19/h3-5,8-9,12-13,18,22,25,29H,6-7,10-11,14-17H2,1-2H3. The summed E-state index contributed by atoms with van der Waals surface area (Å²) in [4.78, 5) is 15.4. The van der Waals surface area contributed by atoms with Crippen LogP contribution in [0.15, 0.2) is 48.5 Å². The third-order valence-electron chi connectivity index (χ3n) is 7.12. The predicted octanol–water partition coefficient (Wildman–Crippen LogP) is 4.53. The number of ether oxygens (including phenoxy) is 2. The molecule has 0 aromatic heterocycles. The third kappa shape index (κ3) is 4.42. The second-order valence-electron chi connectivity index (χ2n) is 8.83. The predicted molar refractivity (Wildman–Crippen MR) is 120 cm³/mol. The third-order valence-corrected chi connectivity index (χ3v) is 7.12. The number of amides is 1. The molecular weight excluding hydrogens is 390 g/mol. The van der Waals surface area contributed by atoms with Gasteiger partial charge in [0, 0.05) is 30.5 Å². The van der Waals surface area contributed by atoms with E-state index < -0.39 is 5.60 Å². The lowest BCUT2D eigenvalue weighted by molar-refractivity contribution is -0.155. The molecule has 1 aliphatic carbocycles. The number of nitrogens with zero attached hydrogens (tertiary/aromatic N) is 1. The van der Waals surface area contributed by atoms with Crippen LogP contribution in [0.4, 0.5) is 0 Å². The summed E-state index contributed by atoms with van der Waals surface area (Å²) >= 11 is 0. The molecular formula is C26H33NO4. The Morgan fingerprint density at radius 1 is 1.10 bits per heavy atom. The molecule has 1 heterocycles. The Kier molecular flexibility index (Phi) is 6.51. The van der Waals surface area contributed by atoms with E-state index in [1.807, 2.05) is 41.3 Å². The van der Waals surface area contributed by atoms with E-state index >= 15 is 0 Å². The fourth-order valence-electron chi connectivity index (χ4n) is 5.45. The summed E-state index contributed by atoms with van der Waals surface area (Å²) in [6.45, 7) is 0.570. The van der Waals surface area contributed by atoms with Crippen molar-refractivity contribution in [3.63, 3.8) is 0 Å². The van der Waals surface area contributed by atoms with E-state index in [4.69, 9.17) is 9.47 Å². The fourth-order valence-corrected chi connectivity index (χ4v) is 5.45. The van der Waals surface area contributed by atoms with E-state index in [0.29, 0.717) is 25.1 Å². The van der Waals surface area contributed by atoms with Crippen molar-refractivity contribution in [2.75, 3.05) is 20.8 Å². The number of aliphatic hydroxyl groups is 1. The Morgan fingerprint density at radius 3 is 2.65 bits per heavy atom. The normalized spacial score (nSPS) is 25.6. The number of fused-ring (bicyclic) bond motifs is 1. The number of rotatable bonds is 6. The molecule has 2 aromatic carbocycles. The van der Waals surface area contributed by atoms with Gasteiger partial charge >= 0.3 is 0 Å². The van der Waals surface area contributed by atoms with E-state index in [1.165, 1.54) is 5.56 Å². The van der Waals surface area contributed by atoms with Gasteiger partial charge in [-0.1, -0.05) is 43.2 Å². The molecule has 1 saturated carbocycles. The molecule has 2 aromatic rings. The average molecular weight is 424 g/mol. The molecule has 3 unspecified atom stereocenters. The minimum Gasteiger partial charge on any atom is -0.497 e. The van der Waals surface area contributed by atoms with Crippen LogP contribution >= 0.6 is 0 Å². The molecule has 5 heteroatoms. The number of hydrogen-bond donors (Lipinski definition) is 1. The largest absolute Gasteiger partial charge is 0.497 e. The van der Waals surface area contributed by atoms with Crippen molar-refractivity contribution in [2.24, 2.45) is 5.92 Å². The second-order valence-corrected chi connectivity index (χ2v) is 8.83. The van der Waals surface area contributed by atoms with Gasteiger partial charge in [-0.15, -0.1) is 0 Å². The topological polar surface area (TPSA) is 59.0 Å². The molecule has 0 spiro atoms. The summed E-state index contributed by atoms with van der Waals surface area (Å²) in [5.74, 6) is 1.58. The van der Waals surface area contributed by atoms with Crippen LogP contribution in [-0.2, 0) is 11.2 Å². The highest BCUT2D eigenvalue weighted by Crippen LogP contribution is 2.51. The van der Waals surface area contributed by atoms with Crippen molar-refractivity contribution in [3.8, 4) is 11.5 Å². The zero-order chi connectivity index (χ0) is 21.8. The molecule has 166 valence electrons. The maximum absolute atomic E-state index is 13.4. The lowest BCUT2D eigenvalue weighted by atomic mass is 9.66. The lowest BCUT2D eigenvalue weighted by Crippen LogP contribution is -2.56. The second kappa shape index (κ2) is 9.31. The molecule has 0 bridgehead atoms. The van der Waals surface area contributed by atoms with E-state index in [2.05, 4.69) is 12.1 Å². The first-order valence-corrected chi connectivity index (χ1v) is 11.3. The highest BCUT2D eigenvalue weighted by Gasteiger charge is 2.50. The number of aryl methyl sites for hydroxylation is 1. The first-order chi connectivity index (χ1) is 15.1. The van der Waals surface area contributed by atoms with Crippen LogP contribution < -0.4 is 9.47 Å². The van der Waals surface area contributed by atoms with Crippen molar-refractivity contribution in [1.29, 1.82) is 0 Å². The van der Waals surface area contributed by atoms with Gasteiger partial charge in [0.25, 0.3) is 0 Å². The number of likely N-dealkylation sites (tertiary alicyclic amines) is 1. The fraction of sp³-hybridized carbons (Fsp3) is 0.500. The number of hydrogen-bond acceptors (Lipinski definition) is 4. The molecule has 3 atom stereocenters. The van der Waals surface area contributed by atoms with Crippen molar-refractivity contribution < 1.29 is 19.4 Å². The van der Waals surface area contributed by atoms with E-state index in [9.17, 15) is 9.90 Å². The highest BCUT2D eigenvalue weighted by molar-refractivity contribution is 5.77. The summed E-state index contributed by atoms with van der Waals surface area (Å²) in [5, 5.41) is 11.5. The van der Waals surface area contributed by atoms with Crippen LogP contribution in [0, 0.1) is 5.92 Å². The van der Waals surface area contributed by atoms with E-state index in [-0.39, 0.29) is 17.9 Å². The van der Waals surface area contributed by atoms with Gasteiger partial charge in [-0.3, -0.25) is 4.79 Å². The average Bonchev–Trinajstić information content (AvgIpc) is 2.81. The molecule has 5 nitrogen and oxygen atoms in total. The molecule has 4 rings (SSSR count). The molecule has 0 radical (unpaired) electrons. The Hall–Kier alpha value is -2.53. The Bertz CT molecular complexity index is 900. The number of benzene rings is 2. The lowest BCUT2D eigenvalue weighted by Gasteiger charge is -2.52. The number of carbonyl (C=O) groups is 1. The summed E-state index contributed by atoms with van der Waals surface area (Å²) in [6.07, 6.45) is 5.67. The molecule has 2 aliphatic rings. The van der Waals surface area contributed by atoms with Gasteiger partial charge in [-0.05, 0) is 43.4 Å². The monoisotopic (exact) mass is 423 g/mol. The van der Waals surface area contributed by atoms with E-state index in [1.54, 1.807) is 14.2 Å². The van der Waals surface area contributed by atoms with Crippen molar-refractivity contribution in [1.82, 2.24) is 4.90 Å². The maximum atomic E-state index is 13.4. The Morgan fingerprint density at radius 2 is 1.90 bits per heavy atom. The zero-order valence-electron chi connectivity index (χ0n) is 18.5. The van der Waals surface area contributed by atoms with Gasteiger partial charge in [-0.25, -0.2) is 0 Å². The first kappa shape index (κ1) is 21.7. The van der Waals surface area contributed by atoms with Crippen LogP contribution in [0.3, 0.4) is 0 Å². The highest BCUT2D eigenvalue weighted by atomic mass is 16.5. The SMILES string of the molecule is COc1ccc(C2C3CCCCC3(O)CCN2C(=O)CCc2ccccc2)c(OC)c1. The number of carbonyl (C=O) groups excluding carboxylic acids is 1. The van der Waals surface area contributed by atoms with Gasteiger partial charge in [0.1, 0.15) is 11.5 Å². The van der Waals surface area contributed by atoms with Crippen molar-refractivity contribution in [2.45, 2.75) is 56.6 Å². The van der Waals surface area contributed by atoms with Crippen LogP contribution in [0.1, 0.15) is 55.7 Å². The summed E-state index contributed by atoms with van der Waals surface area (Å²) in [5.41, 5.74) is 1.41. The van der Waals surface area contributed by atoms with Crippen LogP contribution in [0.2, 0.25) is 0 Å². The van der Waals surface area contributed by atoms with Gasteiger partial charge in [0.15, 0.2) is 0 Å². The minimum absolute atomic E-state index is 0.0120. The number of methoxy groups -OCH3 is 2. The number of piperidine rings is 1. The zero-order valence-corrected chi connectivity index (χ0v) is 18.5. The smallest absolute Gasteiger partial charge is 0.223 e. The molecule has 2 fully saturated rings. The van der Waals surface area contributed by atoms with Crippen molar-refractivity contribution in [3.05, 3.63) is 59.7 Å². The minimum atomic E-state index is -0.718. The molecule has 1 saturated heterocycles. The molecule has 1 amide bonds. The quantitative estimate of drug-likeness (QED) is 0.742. The first-order valence-electron chi connectivity index (χ1n) is 11.3. The molecule has 1 N–H and O–H groups in total. The summed E-state index contributed by atoms with van der Waals surface area (Å²) in [7, 11) is 3.28. The van der Waals surface area contributed by atoms with E-state index in [0.717, 1.165) is 43.4 Å². The summed E-state index contributed by atoms with van der Waals surface area (Å²) in [6, 6.07) is 15.7. The maximum Gasteiger partial charge on any atom is 0.223 e. The van der Waals surface area contributed by atoms with Crippen molar-refractivity contribution >= 4 is 5.91 Å². The molecule has 1 aliphatic heterocycles. The molecule has 31 heavy (non-hydrogen) atoms. The van der Waals surface area contributed by atoms with Crippen LogP contribution in [0.25, 0.3) is 0 Å². The Balaban J connectivity index is 1.66. The van der Waals surface area contributed by atoms with Gasteiger partial charge in [0.2, 0.25) is 5.91 Å².